The van der Waals surface area contributed by atoms with Crippen LogP contribution in [0.1, 0.15) is 63.2 Å². The monoisotopic (exact) mass is 839 g/mol. The molecule has 7 atom stereocenters. The molecule has 3 heterocycles. The van der Waals surface area contributed by atoms with E-state index in [1.165, 1.54) is 0 Å². The van der Waals surface area contributed by atoms with Gasteiger partial charge in [0.1, 0.15) is 35.7 Å². The highest BCUT2D eigenvalue weighted by Crippen LogP contribution is 2.65. The molecule has 3 aliphatic heterocycles. The summed E-state index contributed by atoms with van der Waals surface area (Å²) in [5, 5.41) is 27.1. The zero-order chi connectivity index (χ0) is 43.5. The summed E-state index contributed by atoms with van der Waals surface area (Å²) in [6.07, 6.45) is -1.93. The minimum Gasteiger partial charge on any atom is -0.497 e. The normalized spacial score (nSPS) is 22.7. The molecule has 3 aliphatic rings. The van der Waals surface area contributed by atoms with Gasteiger partial charge in [-0.2, -0.15) is 0 Å². The van der Waals surface area contributed by atoms with E-state index in [0.717, 1.165) is 16.7 Å². The van der Waals surface area contributed by atoms with Crippen LogP contribution in [-0.4, -0.2) is 65.8 Å². The van der Waals surface area contributed by atoms with E-state index in [9.17, 15) is 10.2 Å². The van der Waals surface area contributed by atoms with E-state index in [1.807, 2.05) is 114 Å². The number of amides is 2. The van der Waals surface area contributed by atoms with Crippen LogP contribution < -0.4 is 20.1 Å². The Morgan fingerprint density at radius 2 is 1.43 bits per heavy atom. The summed E-state index contributed by atoms with van der Waals surface area (Å²) in [6.45, 7) is -0.391. The van der Waals surface area contributed by atoms with Crippen molar-refractivity contribution in [2.75, 3.05) is 32.2 Å². The van der Waals surface area contributed by atoms with Gasteiger partial charge in [-0.05, 0) is 82.4 Å². The van der Waals surface area contributed by atoms with Crippen LogP contribution in [0.3, 0.4) is 0 Å². The predicted octanol–water partition coefficient (Wildman–Crippen LogP) is 6.59. The second kappa shape index (κ2) is 17.6. The van der Waals surface area contributed by atoms with Gasteiger partial charge >= 0.3 is 5.97 Å². The number of aliphatic hydroxyl groups is 2. The SMILES string of the molecule is COc1ccc(C#Cc2ccc3c(c2)[C@]2(C(=O)N3)[C@H](C(=O)NC[C@H](O)c3ccccc3)[C@H]3C(=O)O[C@H](c4ccccc4)[C@H](c4ccccc4)N3[C@@H]2c2cccc(OCCO)c2)cc1. The molecular weight excluding hydrogens is 795 g/mol. The number of hydrogen-bond acceptors (Lipinski definition) is 9. The number of benzene rings is 6. The van der Waals surface area contributed by atoms with Gasteiger partial charge in [0, 0.05) is 23.4 Å². The van der Waals surface area contributed by atoms with Crippen LogP contribution in [0.4, 0.5) is 5.69 Å². The van der Waals surface area contributed by atoms with Crippen LogP contribution in [0.15, 0.2) is 158 Å². The van der Waals surface area contributed by atoms with Crippen molar-refractivity contribution in [2.24, 2.45) is 5.92 Å². The lowest BCUT2D eigenvalue weighted by Crippen LogP contribution is -2.55. The Morgan fingerprint density at radius 1 is 0.778 bits per heavy atom. The summed E-state index contributed by atoms with van der Waals surface area (Å²) in [4.78, 5) is 48.0. The third-order valence-corrected chi connectivity index (χ3v) is 12.2. The van der Waals surface area contributed by atoms with Crippen molar-refractivity contribution in [1.82, 2.24) is 10.2 Å². The first-order chi connectivity index (χ1) is 30.8. The van der Waals surface area contributed by atoms with E-state index in [2.05, 4.69) is 22.5 Å². The Bertz CT molecular complexity index is 2690. The molecule has 11 nitrogen and oxygen atoms in total. The number of nitrogens with one attached hydrogen (secondary N) is 2. The lowest BCUT2D eigenvalue weighted by atomic mass is 9.65. The summed E-state index contributed by atoms with van der Waals surface area (Å²) in [7, 11) is 1.60. The highest BCUT2D eigenvalue weighted by atomic mass is 16.6. The van der Waals surface area contributed by atoms with Gasteiger partial charge in [0.25, 0.3) is 0 Å². The average molecular weight is 840 g/mol. The Labute approximate surface area is 365 Å². The molecule has 0 unspecified atom stereocenters. The van der Waals surface area contributed by atoms with Gasteiger partial charge in [-0.25, -0.2) is 0 Å². The van der Waals surface area contributed by atoms with E-state index in [1.54, 1.807) is 55.6 Å². The molecule has 6 aromatic rings. The summed E-state index contributed by atoms with van der Waals surface area (Å²) < 4.78 is 17.8. The van der Waals surface area contributed by atoms with Crippen molar-refractivity contribution in [1.29, 1.82) is 0 Å². The summed E-state index contributed by atoms with van der Waals surface area (Å²) in [6, 6.07) is 45.1. The van der Waals surface area contributed by atoms with Gasteiger partial charge in [-0.3, -0.25) is 19.3 Å². The number of carbonyl (C=O) groups is 3. The molecule has 4 N–H and O–H groups in total. The molecule has 11 heteroatoms. The molecule has 316 valence electrons. The van der Waals surface area contributed by atoms with Gasteiger partial charge in [0.2, 0.25) is 11.8 Å². The van der Waals surface area contributed by atoms with Crippen molar-refractivity contribution in [3.63, 3.8) is 0 Å². The third kappa shape index (κ3) is 7.59. The maximum atomic E-state index is 15.5. The van der Waals surface area contributed by atoms with Gasteiger partial charge in [-0.1, -0.05) is 115 Å². The van der Waals surface area contributed by atoms with Crippen LogP contribution >= 0.6 is 0 Å². The summed E-state index contributed by atoms with van der Waals surface area (Å²) in [5.41, 5.74) is 3.20. The van der Waals surface area contributed by atoms with Crippen LogP contribution in [0, 0.1) is 17.8 Å². The highest BCUT2D eigenvalue weighted by Gasteiger charge is 2.74. The second-order valence-electron chi connectivity index (χ2n) is 15.8. The minimum absolute atomic E-state index is 0.0228. The number of carbonyl (C=O) groups excluding carboxylic acids is 3. The number of fused-ring (bicyclic) bond motifs is 3. The molecule has 1 spiro atoms. The first-order valence-corrected chi connectivity index (χ1v) is 20.9. The van der Waals surface area contributed by atoms with Gasteiger partial charge < -0.3 is 35.1 Å². The Morgan fingerprint density at radius 3 is 2.13 bits per heavy atom. The molecule has 0 aliphatic carbocycles. The van der Waals surface area contributed by atoms with E-state index < -0.39 is 59.5 Å². The van der Waals surface area contributed by atoms with Crippen LogP contribution in [0.2, 0.25) is 0 Å². The Hall–Kier alpha value is -7.23. The van der Waals surface area contributed by atoms with E-state index >= 15 is 14.4 Å². The number of ether oxygens (including phenoxy) is 3. The number of cyclic esters (lactones) is 1. The van der Waals surface area contributed by atoms with Crippen molar-refractivity contribution >= 4 is 23.5 Å². The quantitative estimate of drug-likeness (QED) is 0.0839. The minimum atomic E-state index is -1.78. The van der Waals surface area contributed by atoms with Crippen molar-refractivity contribution in [3.8, 4) is 23.3 Å². The molecule has 0 aromatic heterocycles. The number of morpholine rings is 1. The summed E-state index contributed by atoms with van der Waals surface area (Å²) in [5.74, 6) is 4.43. The van der Waals surface area contributed by atoms with Crippen LogP contribution in [-0.2, 0) is 24.5 Å². The van der Waals surface area contributed by atoms with E-state index in [0.29, 0.717) is 39.4 Å². The van der Waals surface area contributed by atoms with Gasteiger partial charge in [0.05, 0.1) is 37.8 Å². The summed E-state index contributed by atoms with van der Waals surface area (Å²) >= 11 is 0. The van der Waals surface area contributed by atoms with Gasteiger partial charge in [-0.15, -0.1) is 0 Å². The first kappa shape index (κ1) is 41.1. The molecule has 9 rings (SSSR count). The topological polar surface area (TPSA) is 147 Å². The Balaban J connectivity index is 1.28. The second-order valence-corrected chi connectivity index (χ2v) is 15.8. The third-order valence-electron chi connectivity index (χ3n) is 12.2. The molecule has 6 aromatic carbocycles. The number of hydrogen-bond donors (Lipinski definition) is 4. The molecule has 0 bridgehead atoms. The molecule has 0 radical (unpaired) electrons. The van der Waals surface area contributed by atoms with Gasteiger partial charge in [0.15, 0.2) is 0 Å². The fourth-order valence-electron chi connectivity index (χ4n) is 9.53. The zero-order valence-electron chi connectivity index (χ0n) is 34.4. The fraction of sp³-hybridized carbons (Fsp3) is 0.212. The lowest BCUT2D eigenvalue weighted by Gasteiger charge is -2.46. The number of rotatable bonds is 11. The molecule has 2 saturated heterocycles. The number of aliphatic hydroxyl groups excluding tert-OH is 2. The number of anilines is 1. The standard InChI is InChI=1S/C52H45N3O8/c1-61-39-25-22-33(23-26-39)20-21-34-24-27-42-41(30-34)52(51(60)54-42)44(49(58)53-32-43(57)35-12-5-2-6-13-35)46-50(59)63-47(37-16-9-4-10-17-37)45(36-14-7-3-8-15-36)55(46)48(52)38-18-11-19-40(31-38)62-29-28-56/h2-19,22-27,30-31,43-48,56-57H,28-29,32H2,1H3,(H,53,58)(H,54,60)/t43-,44-,45-,46-,47+,48+,52-/m0/s1. The van der Waals surface area contributed by atoms with Crippen molar-refractivity contribution in [3.05, 3.63) is 197 Å². The van der Waals surface area contributed by atoms with Crippen LogP contribution in [0.5, 0.6) is 11.5 Å². The van der Waals surface area contributed by atoms with Crippen molar-refractivity contribution < 1.29 is 38.8 Å². The molecular formula is C52H45N3O8. The zero-order valence-corrected chi connectivity index (χ0v) is 34.4. The van der Waals surface area contributed by atoms with E-state index in [4.69, 9.17) is 14.2 Å². The maximum absolute atomic E-state index is 15.5. The fourth-order valence-corrected chi connectivity index (χ4v) is 9.53. The van der Waals surface area contributed by atoms with E-state index in [-0.39, 0.29) is 19.8 Å². The van der Waals surface area contributed by atoms with Crippen molar-refractivity contribution in [2.45, 2.75) is 35.7 Å². The predicted molar refractivity (Wildman–Crippen MR) is 235 cm³/mol. The molecule has 63 heavy (non-hydrogen) atoms. The average Bonchev–Trinajstić information content (AvgIpc) is 3.81. The smallest absolute Gasteiger partial charge is 0.324 e. The molecule has 2 amide bonds. The number of esters is 1. The maximum Gasteiger partial charge on any atom is 0.324 e. The highest BCUT2D eigenvalue weighted by molar-refractivity contribution is 6.12. The Kier molecular flexibility index (Phi) is 11.5. The lowest BCUT2D eigenvalue weighted by molar-refractivity contribution is -0.178. The first-order valence-electron chi connectivity index (χ1n) is 20.9. The largest absolute Gasteiger partial charge is 0.497 e. The molecule has 0 saturated carbocycles. The number of nitrogens with zero attached hydrogens (tertiary/aromatic N) is 1. The molecule has 2 fully saturated rings. The van der Waals surface area contributed by atoms with Crippen LogP contribution in [0.25, 0.3) is 0 Å². The number of methoxy groups -OCH3 is 1.